The van der Waals surface area contributed by atoms with Gasteiger partial charge in [0, 0.05) is 0 Å². The Morgan fingerprint density at radius 1 is 1.47 bits per heavy atom. The van der Waals surface area contributed by atoms with Crippen molar-refractivity contribution in [2.24, 2.45) is 17.6 Å². The van der Waals surface area contributed by atoms with Gasteiger partial charge in [-0.2, -0.15) is 13.2 Å². The summed E-state index contributed by atoms with van der Waals surface area (Å²) >= 11 is 0. The first-order valence-corrected chi connectivity index (χ1v) is 5.83. The Labute approximate surface area is 99.0 Å². The van der Waals surface area contributed by atoms with Crippen LogP contribution in [0.4, 0.5) is 13.2 Å². The van der Waals surface area contributed by atoms with E-state index in [-0.39, 0.29) is 6.10 Å². The molecule has 1 saturated carbocycles. The van der Waals surface area contributed by atoms with Gasteiger partial charge in [0.15, 0.2) is 0 Å². The van der Waals surface area contributed by atoms with E-state index in [2.05, 4.69) is 6.92 Å². The molecule has 0 amide bonds. The van der Waals surface area contributed by atoms with Crippen LogP contribution in [0, 0.1) is 17.2 Å². The maximum Gasteiger partial charge on any atom is 0.400 e. The molecule has 0 aromatic heterocycles. The molecule has 0 heterocycles. The van der Waals surface area contributed by atoms with E-state index in [0.29, 0.717) is 5.92 Å². The maximum absolute atomic E-state index is 12.5. The van der Waals surface area contributed by atoms with Crippen LogP contribution in [0.3, 0.4) is 0 Å². The number of halogens is 3. The lowest BCUT2D eigenvalue weighted by Crippen LogP contribution is -2.40. The number of rotatable bonds is 4. The van der Waals surface area contributed by atoms with Crippen molar-refractivity contribution in [1.82, 2.24) is 0 Å². The standard InChI is InChI=1S/C11H19F3N2O/c1-7-3-2-4-8(5-7)17-6-9(10(15)16)11(12,13)14/h7-9H,2-6H2,1H3,(H3,15,16). The first kappa shape index (κ1) is 14.3. The number of nitrogens with two attached hydrogens (primary N) is 1. The first-order chi connectivity index (χ1) is 7.80. The summed E-state index contributed by atoms with van der Waals surface area (Å²) in [4.78, 5) is 0. The van der Waals surface area contributed by atoms with Crippen molar-refractivity contribution in [2.45, 2.75) is 44.9 Å². The Balaban J connectivity index is 2.44. The monoisotopic (exact) mass is 252 g/mol. The number of amidine groups is 1. The molecular weight excluding hydrogens is 233 g/mol. The summed E-state index contributed by atoms with van der Waals surface area (Å²) in [5, 5.41) is 6.94. The molecule has 1 fully saturated rings. The van der Waals surface area contributed by atoms with Crippen LogP contribution in [-0.2, 0) is 4.74 Å². The summed E-state index contributed by atoms with van der Waals surface area (Å²) in [6.45, 7) is 1.54. The molecule has 1 aliphatic carbocycles. The minimum Gasteiger partial charge on any atom is -0.387 e. The van der Waals surface area contributed by atoms with Gasteiger partial charge in [0.1, 0.15) is 11.8 Å². The van der Waals surface area contributed by atoms with E-state index in [0.717, 1.165) is 25.7 Å². The third-order valence-corrected chi connectivity index (χ3v) is 3.16. The van der Waals surface area contributed by atoms with Gasteiger partial charge >= 0.3 is 6.18 Å². The lowest BCUT2D eigenvalue weighted by molar-refractivity contribution is -0.173. The average Bonchev–Trinajstić information content (AvgIpc) is 2.15. The fourth-order valence-corrected chi connectivity index (χ4v) is 2.12. The van der Waals surface area contributed by atoms with Crippen LogP contribution >= 0.6 is 0 Å². The Morgan fingerprint density at radius 3 is 2.59 bits per heavy atom. The zero-order valence-corrected chi connectivity index (χ0v) is 9.89. The Kier molecular flexibility index (Phi) is 4.80. The summed E-state index contributed by atoms with van der Waals surface area (Å²) in [6, 6.07) is 0. The van der Waals surface area contributed by atoms with Crippen molar-refractivity contribution < 1.29 is 17.9 Å². The highest BCUT2D eigenvalue weighted by atomic mass is 19.4. The summed E-state index contributed by atoms with van der Waals surface area (Å²) in [6.07, 6.45) is -0.929. The van der Waals surface area contributed by atoms with E-state index in [1.807, 2.05) is 0 Å². The maximum atomic E-state index is 12.5. The molecule has 17 heavy (non-hydrogen) atoms. The highest BCUT2D eigenvalue weighted by Gasteiger charge is 2.42. The zero-order chi connectivity index (χ0) is 13.1. The molecule has 3 atom stereocenters. The Morgan fingerprint density at radius 2 is 2.12 bits per heavy atom. The molecule has 3 N–H and O–H groups in total. The summed E-state index contributed by atoms with van der Waals surface area (Å²) in [7, 11) is 0. The van der Waals surface area contributed by atoms with Crippen LogP contribution in [0.25, 0.3) is 0 Å². The predicted octanol–water partition coefficient (Wildman–Crippen LogP) is 2.70. The normalized spacial score (nSPS) is 27.8. The highest BCUT2D eigenvalue weighted by Crippen LogP contribution is 2.29. The van der Waals surface area contributed by atoms with Crippen LogP contribution < -0.4 is 5.73 Å². The largest absolute Gasteiger partial charge is 0.400 e. The molecule has 0 bridgehead atoms. The molecule has 0 saturated heterocycles. The number of nitrogens with one attached hydrogen (secondary N) is 1. The second-order valence-corrected chi connectivity index (χ2v) is 4.78. The van der Waals surface area contributed by atoms with Crippen LogP contribution in [0.15, 0.2) is 0 Å². The van der Waals surface area contributed by atoms with Crippen LogP contribution in [-0.4, -0.2) is 24.7 Å². The molecule has 1 aliphatic rings. The van der Waals surface area contributed by atoms with E-state index in [1.165, 1.54) is 0 Å². The molecule has 1 rings (SSSR count). The van der Waals surface area contributed by atoms with Gasteiger partial charge < -0.3 is 10.5 Å². The fourth-order valence-electron chi connectivity index (χ4n) is 2.12. The lowest BCUT2D eigenvalue weighted by atomic mass is 9.88. The second kappa shape index (κ2) is 5.71. The minimum atomic E-state index is -4.49. The van der Waals surface area contributed by atoms with Crippen LogP contribution in [0.1, 0.15) is 32.6 Å². The van der Waals surface area contributed by atoms with Crippen molar-refractivity contribution in [3.05, 3.63) is 0 Å². The molecule has 100 valence electrons. The van der Waals surface area contributed by atoms with E-state index in [1.54, 1.807) is 0 Å². The summed E-state index contributed by atoms with van der Waals surface area (Å²) in [5.41, 5.74) is 4.95. The van der Waals surface area contributed by atoms with Crippen molar-refractivity contribution >= 4 is 5.84 Å². The predicted molar refractivity (Wildman–Crippen MR) is 58.8 cm³/mol. The average molecular weight is 252 g/mol. The van der Waals surface area contributed by atoms with Gasteiger partial charge in [0.25, 0.3) is 0 Å². The topological polar surface area (TPSA) is 59.1 Å². The Hall–Kier alpha value is -0.780. The van der Waals surface area contributed by atoms with Gasteiger partial charge in [-0.1, -0.05) is 19.8 Å². The van der Waals surface area contributed by atoms with E-state index in [4.69, 9.17) is 15.9 Å². The van der Waals surface area contributed by atoms with Gasteiger partial charge in [-0.3, -0.25) is 5.41 Å². The highest BCUT2D eigenvalue weighted by molar-refractivity contribution is 5.80. The molecule has 3 unspecified atom stereocenters. The third kappa shape index (κ3) is 4.53. The fraction of sp³-hybridized carbons (Fsp3) is 0.909. The summed E-state index contributed by atoms with van der Waals surface area (Å²) < 4.78 is 42.8. The number of hydrogen-bond acceptors (Lipinski definition) is 2. The molecule has 0 aromatic carbocycles. The lowest BCUT2D eigenvalue weighted by Gasteiger charge is -2.28. The van der Waals surface area contributed by atoms with Gasteiger partial charge in [-0.15, -0.1) is 0 Å². The number of ether oxygens (including phenoxy) is 1. The van der Waals surface area contributed by atoms with Crippen molar-refractivity contribution in [3.8, 4) is 0 Å². The van der Waals surface area contributed by atoms with Gasteiger partial charge in [-0.25, -0.2) is 0 Å². The molecule has 0 spiro atoms. The molecular formula is C11H19F3N2O. The van der Waals surface area contributed by atoms with E-state index < -0.39 is 24.5 Å². The zero-order valence-electron chi connectivity index (χ0n) is 9.89. The van der Waals surface area contributed by atoms with E-state index >= 15 is 0 Å². The molecule has 0 radical (unpaired) electrons. The Bertz CT molecular complexity index is 268. The molecule has 3 nitrogen and oxygen atoms in total. The number of hydrogen-bond donors (Lipinski definition) is 2. The molecule has 6 heteroatoms. The molecule has 0 aliphatic heterocycles. The second-order valence-electron chi connectivity index (χ2n) is 4.78. The SMILES string of the molecule is CC1CCCC(OCC(C(=N)N)C(F)(F)F)C1. The van der Waals surface area contributed by atoms with Crippen LogP contribution in [0.2, 0.25) is 0 Å². The summed E-state index contributed by atoms with van der Waals surface area (Å²) in [5.74, 6) is -2.35. The molecule has 0 aromatic rings. The van der Waals surface area contributed by atoms with Crippen molar-refractivity contribution in [2.75, 3.05) is 6.61 Å². The van der Waals surface area contributed by atoms with E-state index in [9.17, 15) is 13.2 Å². The van der Waals surface area contributed by atoms with Gasteiger partial charge in [0.05, 0.1) is 12.7 Å². The first-order valence-electron chi connectivity index (χ1n) is 5.83. The van der Waals surface area contributed by atoms with Crippen molar-refractivity contribution in [1.29, 1.82) is 5.41 Å². The smallest absolute Gasteiger partial charge is 0.387 e. The van der Waals surface area contributed by atoms with Gasteiger partial charge in [0.2, 0.25) is 0 Å². The van der Waals surface area contributed by atoms with Crippen molar-refractivity contribution in [3.63, 3.8) is 0 Å². The quantitative estimate of drug-likeness (QED) is 0.597. The third-order valence-electron chi connectivity index (χ3n) is 3.16. The van der Waals surface area contributed by atoms with Gasteiger partial charge in [-0.05, 0) is 18.8 Å². The van der Waals surface area contributed by atoms with Crippen LogP contribution in [0.5, 0.6) is 0 Å². The minimum absolute atomic E-state index is 0.122. The number of alkyl halides is 3.